The van der Waals surface area contributed by atoms with Crippen molar-refractivity contribution in [3.63, 3.8) is 0 Å². The minimum Gasteiger partial charge on any atom is -0.491 e. The van der Waals surface area contributed by atoms with E-state index < -0.39 is 6.10 Å². The number of benzene rings is 1. The van der Waals surface area contributed by atoms with Gasteiger partial charge in [-0.1, -0.05) is 24.2 Å². The highest BCUT2D eigenvalue weighted by atomic mass is 35.5. The summed E-state index contributed by atoms with van der Waals surface area (Å²) in [5, 5.41) is 13.2. The Kier molecular flexibility index (Phi) is 6.19. The minimum absolute atomic E-state index is 0.255. The fourth-order valence-corrected chi connectivity index (χ4v) is 1.74. The molecule has 1 aromatic rings. The highest BCUT2D eigenvalue weighted by Gasteiger charge is 2.05. The van der Waals surface area contributed by atoms with Crippen LogP contribution in [-0.2, 0) is 0 Å². The van der Waals surface area contributed by atoms with Crippen LogP contribution in [0, 0.1) is 13.8 Å². The molecule has 0 saturated carbocycles. The third-order valence-electron chi connectivity index (χ3n) is 2.33. The highest BCUT2D eigenvalue weighted by Crippen LogP contribution is 2.16. The quantitative estimate of drug-likeness (QED) is 0.799. The van der Waals surface area contributed by atoms with Gasteiger partial charge in [0.05, 0.1) is 0 Å². The number of hydrogen-bond donors (Lipinski definition) is 2. The summed E-state index contributed by atoms with van der Waals surface area (Å²) >= 11 is 5.60. The molecule has 1 atom stereocenters. The number of nitrogens with one attached hydrogen (secondary N) is 1. The second-order valence-corrected chi connectivity index (χ2v) is 4.97. The predicted molar refractivity (Wildman–Crippen MR) is 75.3 cm³/mol. The van der Waals surface area contributed by atoms with Gasteiger partial charge in [-0.2, -0.15) is 0 Å². The molecule has 0 aromatic heterocycles. The lowest BCUT2D eigenvalue weighted by molar-refractivity contribution is 0.107. The predicted octanol–water partition coefficient (Wildman–Crippen LogP) is 2.39. The lowest BCUT2D eigenvalue weighted by Crippen LogP contribution is -2.32. The van der Waals surface area contributed by atoms with Crippen molar-refractivity contribution in [1.82, 2.24) is 5.32 Å². The second kappa shape index (κ2) is 7.41. The Labute approximate surface area is 113 Å². The van der Waals surface area contributed by atoms with Gasteiger partial charge in [-0.3, -0.25) is 0 Å². The van der Waals surface area contributed by atoms with E-state index in [2.05, 4.69) is 18.0 Å². The molecule has 0 aliphatic heterocycles. The smallest absolute Gasteiger partial charge is 0.119 e. The second-order valence-electron chi connectivity index (χ2n) is 4.44. The van der Waals surface area contributed by atoms with Crippen LogP contribution >= 0.6 is 11.6 Å². The van der Waals surface area contributed by atoms with Gasteiger partial charge in [0.1, 0.15) is 18.5 Å². The van der Waals surface area contributed by atoms with E-state index in [1.165, 1.54) is 0 Å². The zero-order valence-electron chi connectivity index (χ0n) is 10.9. The van der Waals surface area contributed by atoms with Crippen molar-refractivity contribution in [1.29, 1.82) is 0 Å². The molecule has 1 rings (SSSR count). The molecular weight excluding hydrogens is 250 g/mol. The molecule has 4 heteroatoms. The van der Waals surface area contributed by atoms with Gasteiger partial charge >= 0.3 is 0 Å². The first kappa shape index (κ1) is 15.0. The van der Waals surface area contributed by atoms with Crippen molar-refractivity contribution in [3.05, 3.63) is 40.9 Å². The lowest BCUT2D eigenvalue weighted by atomic mass is 10.1. The number of aliphatic hydroxyl groups is 1. The monoisotopic (exact) mass is 269 g/mol. The van der Waals surface area contributed by atoms with Crippen LogP contribution in [0.25, 0.3) is 0 Å². The fraction of sp³-hybridized carbons (Fsp3) is 0.429. The summed E-state index contributed by atoms with van der Waals surface area (Å²) in [5.41, 5.74) is 2.30. The zero-order valence-corrected chi connectivity index (χ0v) is 11.6. The van der Waals surface area contributed by atoms with Gasteiger partial charge in [0.25, 0.3) is 0 Å². The Morgan fingerprint density at radius 3 is 2.56 bits per heavy atom. The fourth-order valence-electron chi connectivity index (χ4n) is 1.64. The number of aryl methyl sites for hydroxylation is 2. The van der Waals surface area contributed by atoms with E-state index >= 15 is 0 Å². The van der Waals surface area contributed by atoms with E-state index in [0.29, 0.717) is 18.1 Å². The van der Waals surface area contributed by atoms with Gasteiger partial charge in [-0.25, -0.2) is 0 Å². The van der Waals surface area contributed by atoms with E-state index in [-0.39, 0.29) is 6.61 Å². The summed E-state index contributed by atoms with van der Waals surface area (Å²) in [6, 6.07) is 5.98. The topological polar surface area (TPSA) is 41.5 Å². The van der Waals surface area contributed by atoms with E-state index in [1.54, 1.807) is 0 Å². The molecule has 100 valence electrons. The van der Waals surface area contributed by atoms with E-state index in [4.69, 9.17) is 16.3 Å². The van der Waals surface area contributed by atoms with Crippen molar-refractivity contribution >= 4 is 11.6 Å². The lowest BCUT2D eigenvalue weighted by Gasteiger charge is -2.13. The van der Waals surface area contributed by atoms with Crippen molar-refractivity contribution in [3.8, 4) is 5.75 Å². The maximum Gasteiger partial charge on any atom is 0.119 e. The summed E-state index contributed by atoms with van der Waals surface area (Å²) in [5.74, 6) is 0.785. The molecule has 0 radical (unpaired) electrons. The SMILES string of the molecule is C=C(Cl)CNCC(O)COc1cc(C)cc(C)c1. The van der Waals surface area contributed by atoms with Gasteiger partial charge in [-0.05, 0) is 37.1 Å². The van der Waals surface area contributed by atoms with Gasteiger partial charge in [0.15, 0.2) is 0 Å². The maximum absolute atomic E-state index is 9.70. The molecule has 0 heterocycles. The van der Waals surface area contributed by atoms with E-state index in [9.17, 15) is 5.11 Å². The number of halogens is 1. The Morgan fingerprint density at radius 2 is 2.00 bits per heavy atom. The first-order valence-corrected chi connectivity index (χ1v) is 6.28. The largest absolute Gasteiger partial charge is 0.491 e. The molecule has 18 heavy (non-hydrogen) atoms. The van der Waals surface area contributed by atoms with Crippen molar-refractivity contribution in [2.24, 2.45) is 0 Å². The summed E-state index contributed by atoms with van der Waals surface area (Å²) in [6.07, 6.45) is -0.568. The Balaban J connectivity index is 2.33. The standard InChI is InChI=1S/C14H20ClNO2/c1-10-4-11(2)6-14(5-10)18-9-13(17)8-16-7-12(3)15/h4-6,13,16-17H,3,7-9H2,1-2H3. The molecule has 0 aliphatic carbocycles. The Morgan fingerprint density at radius 1 is 1.39 bits per heavy atom. The summed E-state index contributed by atoms with van der Waals surface area (Å²) < 4.78 is 5.54. The number of ether oxygens (including phenoxy) is 1. The Hall–Kier alpha value is -1.03. The molecule has 0 amide bonds. The van der Waals surface area contributed by atoms with Crippen molar-refractivity contribution in [2.75, 3.05) is 19.7 Å². The van der Waals surface area contributed by atoms with Gasteiger partial charge < -0.3 is 15.2 Å². The Bertz CT molecular complexity index is 387. The third-order valence-corrected chi connectivity index (χ3v) is 2.47. The average Bonchev–Trinajstić information content (AvgIpc) is 2.24. The summed E-state index contributed by atoms with van der Waals surface area (Å²) in [4.78, 5) is 0. The first-order chi connectivity index (χ1) is 8.47. The molecule has 2 N–H and O–H groups in total. The van der Waals surface area contributed by atoms with Crippen molar-refractivity contribution in [2.45, 2.75) is 20.0 Å². The average molecular weight is 270 g/mol. The number of rotatable bonds is 7. The molecule has 0 saturated heterocycles. The van der Waals surface area contributed by atoms with Gasteiger partial charge in [0.2, 0.25) is 0 Å². The minimum atomic E-state index is -0.568. The van der Waals surface area contributed by atoms with Crippen LogP contribution in [0.1, 0.15) is 11.1 Å². The molecule has 1 aromatic carbocycles. The van der Waals surface area contributed by atoms with Crippen LogP contribution in [0.15, 0.2) is 29.8 Å². The molecule has 0 fully saturated rings. The van der Waals surface area contributed by atoms with E-state index in [0.717, 1.165) is 16.9 Å². The van der Waals surface area contributed by atoms with Crippen molar-refractivity contribution < 1.29 is 9.84 Å². The van der Waals surface area contributed by atoms with Crippen LogP contribution in [0.4, 0.5) is 0 Å². The van der Waals surface area contributed by atoms with Crippen LogP contribution in [0.5, 0.6) is 5.75 Å². The number of aliphatic hydroxyl groups excluding tert-OH is 1. The highest BCUT2D eigenvalue weighted by molar-refractivity contribution is 6.29. The number of hydrogen-bond acceptors (Lipinski definition) is 3. The van der Waals surface area contributed by atoms with Gasteiger partial charge in [0, 0.05) is 18.1 Å². The molecule has 3 nitrogen and oxygen atoms in total. The molecule has 0 bridgehead atoms. The van der Waals surface area contributed by atoms with Crippen LogP contribution in [0.3, 0.4) is 0 Å². The van der Waals surface area contributed by atoms with E-state index in [1.807, 2.05) is 26.0 Å². The van der Waals surface area contributed by atoms with Crippen LogP contribution in [-0.4, -0.2) is 30.9 Å². The molecule has 0 aliphatic rings. The normalized spacial score (nSPS) is 12.2. The summed E-state index contributed by atoms with van der Waals surface area (Å²) in [7, 11) is 0. The molecular formula is C14H20ClNO2. The molecule has 0 spiro atoms. The maximum atomic E-state index is 9.70. The first-order valence-electron chi connectivity index (χ1n) is 5.90. The van der Waals surface area contributed by atoms with Crippen LogP contribution < -0.4 is 10.1 Å². The third kappa shape index (κ3) is 6.05. The van der Waals surface area contributed by atoms with Crippen LogP contribution in [0.2, 0.25) is 0 Å². The molecule has 1 unspecified atom stereocenters. The summed E-state index contributed by atoms with van der Waals surface area (Å²) in [6.45, 7) is 8.76. The zero-order chi connectivity index (χ0) is 13.5. The van der Waals surface area contributed by atoms with Gasteiger partial charge in [-0.15, -0.1) is 0 Å².